The van der Waals surface area contributed by atoms with Crippen LogP contribution in [-0.2, 0) is 14.3 Å². The van der Waals surface area contributed by atoms with Crippen molar-refractivity contribution < 1.29 is 30.3 Å². The Balaban J connectivity index is 0.000000326. The summed E-state index contributed by atoms with van der Waals surface area (Å²) in [6, 6.07) is 37.9. The largest absolute Gasteiger partial charge is 0.481 e. The number of halogens is 1. The fourth-order valence-electron chi connectivity index (χ4n) is 3.64. The molecule has 0 heterocycles. The lowest BCUT2D eigenvalue weighted by Crippen LogP contribution is -2.15. The molecule has 0 amide bonds. The zero-order valence-corrected chi connectivity index (χ0v) is 20.9. The first kappa shape index (κ1) is 28.9. The fraction of sp³-hybridized carbons (Fsp3) is 0.161. The molecule has 0 saturated heterocycles. The summed E-state index contributed by atoms with van der Waals surface area (Å²) >= 11 is 0. The average molecular weight is 506 g/mol. The number of benzene rings is 4. The lowest BCUT2D eigenvalue weighted by molar-refractivity contribution is -0.141. The number of hydrogen-bond donors (Lipinski definition) is 2. The summed E-state index contributed by atoms with van der Waals surface area (Å²) in [4.78, 5) is 23.2. The third-order valence-electron chi connectivity index (χ3n) is 5.22. The highest BCUT2D eigenvalue weighted by Gasteiger charge is 2.23. The van der Waals surface area contributed by atoms with E-state index in [0.717, 1.165) is 29.4 Å². The number of methoxy groups -OCH3 is 1. The zero-order chi connectivity index (χ0) is 28.2. The van der Waals surface area contributed by atoms with E-state index in [1.54, 1.807) is 0 Å². The molecule has 0 atom stereocenters. The van der Waals surface area contributed by atoms with Gasteiger partial charge in [-0.25, -0.2) is 0 Å². The molecule has 194 valence electrons. The number of alkyl halides is 1. The Hall–Kier alpha value is -4.29. The molecule has 2 N–H and O–H groups in total. The smallest absolute Gasteiger partial charge is 0.317 e. The maximum atomic E-state index is 11.9. The van der Waals surface area contributed by atoms with Crippen molar-refractivity contribution in [1.82, 2.24) is 0 Å². The van der Waals surface area contributed by atoms with E-state index in [2.05, 4.69) is 0 Å². The maximum Gasteiger partial charge on any atom is 0.317 e. The van der Waals surface area contributed by atoms with Crippen LogP contribution in [0.5, 0.6) is 0 Å². The van der Waals surface area contributed by atoms with Gasteiger partial charge in [0.1, 0.15) is 11.8 Å². The second-order valence-corrected chi connectivity index (χ2v) is 7.37. The fourth-order valence-corrected chi connectivity index (χ4v) is 3.64. The Labute approximate surface area is 219 Å². The maximum absolute atomic E-state index is 11.9. The number of carbonyl (C=O) groups excluding carboxylic acids is 1. The minimum Gasteiger partial charge on any atom is -0.481 e. The number of carboxylic acid groups (broad SMARTS) is 1. The summed E-state index contributed by atoms with van der Waals surface area (Å²) in [6.07, 6.45) is 0. The number of carboxylic acids is 1. The van der Waals surface area contributed by atoms with Crippen molar-refractivity contribution in [2.24, 2.45) is 0 Å². The molecule has 0 fully saturated rings. The number of aliphatic hydroxyl groups excluding tert-OH is 1. The Morgan fingerprint density at radius 3 is 1.11 bits per heavy atom. The summed E-state index contributed by atoms with van der Waals surface area (Å²) < 4.78 is 20.4. The van der Waals surface area contributed by atoms with Gasteiger partial charge in [-0.1, -0.05) is 121 Å². The lowest BCUT2D eigenvalue weighted by Gasteiger charge is -2.15. The van der Waals surface area contributed by atoms with Crippen molar-refractivity contribution in [2.75, 3.05) is 21.4 Å². The lowest BCUT2D eigenvalue weighted by atomic mass is 9.91. The monoisotopic (exact) mass is 505 g/mol. The molecule has 0 saturated carbocycles. The van der Waals surface area contributed by atoms with Crippen LogP contribution in [-0.4, -0.2) is 43.5 Å². The summed E-state index contributed by atoms with van der Waals surface area (Å²) in [5.41, 5.74) is 3.51. The van der Waals surface area contributed by atoms with Crippen LogP contribution in [0.1, 0.15) is 35.5 Å². The van der Waals surface area contributed by atoms with Crippen LogP contribution in [0.25, 0.3) is 0 Å². The third kappa shape index (κ3) is 9.70. The number of esters is 1. The molecule has 4 aromatic carbocycles. The van der Waals surface area contributed by atoms with Crippen LogP contribution >= 0.6 is 0 Å². The molecule has 4 aromatic rings. The van der Waals surface area contributed by atoms with Crippen molar-refractivity contribution in [3.05, 3.63) is 144 Å². The first-order valence-corrected chi connectivity index (χ1v) is 11.3. The normalized spacial score (nSPS) is 9.84. The van der Waals surface area contributed by atoms with E-state index in [0.29, 0.717) is 0 Å². The molecular weight excluding hydrogens is 471 g/mol. The SMILES string of the molecule is CO.COC(=O)C(c1ccccc1)c1ccccc1.O=C(O)C(c1ccccc1)c1ccccc1.[2H]CF. The molecule has 6 heteroatoms. The minimum absolute atomic E-state index is 0.234. The molecule has 37 heavy (non-hydrogen) atoms. The van der Waals surface area contributed by atoms with Gasteiger partial charge in [-0.3, -0.25) is 14.0 Å². The van der Waals surface area contributed by atoms with Crippen molar-refractivity contribution in [1.29, 1.82) is 0 Å². The summed E-state index contributed by atoms with van der Waals surface area (Å²) in [5.74, 6) is -1.98. The van der Waals surface area contributed by atoms with E-state index in [9.17, 15) is 19.1 Å². The van der Waals surface area contributed by atoms with Gasteiger partial charge in [0.25, 0.3) is 0 Å². The molecule has 0 spiro atoms. The molecule has 0 aliphatic heterocycles. The second-order valence-electron chi connectivity index (χ2n) is 7.37. The number of carbonyl (C=O) groups is 2. The van der Waals surface area contributed by atoms with E-state index < -0.39 is 19.0 Å². The molecule has 0 aliphatic rings. The van der Waals surface area contributed by atoms with Gasteiger partial charge in [-0.15, -0.1) is 0 Å². The highest BCUT2D eigenvalue weighted by molar-refractivity contribution is 5.82. The third-order valence-corrected chi connectivity index (χ3v) is 5.22. The number of aliphatic carboxylic acids is 1. The quantitative estimate of drug-likeness (QED) is 0.310. The van der Waals surface area contributed by atoms with Crippen molar-refractivity contribution >= 4 is 11.9 Å². The van der Waals surface area contributed by atoms with Crippen LogP contribution in [0, 0.1) is 0 Å². The summed E-state index contributed by atoms with van der Waals surface area (Å²) in [5, 5.41) is 16.3. The number of hydrogen-bond acceptors (Lipinski definition) is 4. The first-order valence-electron chi connectivity index (χ1n) is 12.0. The van der Waals surface area contributed by atoms with Crippen LogP contribution in [0.3, 0.4) is 0 Å². The van der Waals surface area contributed by atoms with Gasteiger partial charge in [-0.2, -0.15) is 0 Å². The van der Waals surface area contributed by atoms with E-state index in [-0.39, 0.29) is 11.9 Å². The van der Waals surface area contributed by atoms with Gasteiger partial charge < -0.3 is 14.9 Å². The topological polar surface area (TPSA) is 83.8 Å². The van der Waals surface area contributed by atoms with E-state index >= 15 is 0 Å². The van der Waals surface area contributed by atoms with Gasteiger partial charge in [0.05, 0.1) is 15.6 Å². The molecule has 0 aromatic heterocycles. The molecule has 4 rings (SSSR count). The number of rotatable bonds is 6. The van der Waals surface area contributed by atoms with E-state index in [1.807, 2.05) is 121 Å². The van der Waals surface area contributed by atoms with Crippen molar-refractivity contribution in [3.8, 4) is 0 Å². The van der Waals surface area contributed by atoms with Gasteiger partial charge in [0.15, 0.2) is 0 Å². The Bertz CT molecular complexity index is 1080. The summed E-state index contributed by atoms with van der Waals surface area (Å²) in [7, 11) is 1.42. The van der Waals surface area contributed by atoms with Crippen LogP contribution in [0.15, 0.2) is 121 Å². The zero-order valence-electron chi connectivity index (χ0n) is 21.9. The first-order chi connectivity index (χ1) is 18.5. The number of aliphatic hydroxyl groups is 1. The van der Waals surface area contributed by atoms with Crippen molar-refractivity contribution in [2.45, 2.75) is 11.8 Å². The van der Waals surface area contributed by atoms with E-state index in [1.165, 1.54) is 7.11 Å². The van der Waals surface area contributed by atoms with Gasteiger partial charge in [-0.05, 0) is 22.3 Å². The average Bonchev–Trinajstić information content (AvgIpc) is 2.97. The Morgan fingerprint density at radius 1 is 0.649 bits per heavy atom. The Kier molecular flexibility index (Phi) is 14.1. The Morgan fingerprint density at radius 2 is 0.892 bits per heavy atom. The van der Waals surface area contributed by atoms with Crippen molar-refractivity contribution in [3.63, 3.8) is 0 Å². The van der Waals surface area contributed by atoms with Gasteiger partial charge in [0, 0.05) is 7.11 Å². The number of ether oxygens (including phenoxy) is 1. The van der Waals surface area contributed by atoms with Gasteiger partial charge in [0.2, 0.25) is 0 Å². The summed E-state index contributed by atoms with van der Waals surface area (Å²) in [6.45, 7) is 0. The molecule has 5 nitrogen and oxygen atoms in total. The standard InChI is InChI=1S/C15H14O2.C14H12O2.CH3F.CH4O/c1-17-15(16)14(12-8-4-2-5-9-12)13-10-6-3-7-11-13;15-14(16)13(11-7-3-1-4-8-11)12-9-5-2-6-10-12;2*1-2/h2-11,14H,1H3;1-10,13H,(H,15,16);1H3;2H,1H3/i;;1D;. The molecule has 0 aliphatic carbocycles. The predicted octanol–water partition coefficient (Wildman–Crippen LogP) is 6.09. The van der Waals surface area contributed by atoms with Crippen LogP contribution < -0.4 is 0 Å². The highest BCUT2D eigenvalue weighted by Crippen LogP contribution is 2.26. The minimum atomic E-state index is -1.00. The van der Waals surface area contributed by atoms with Gasteiger partial charge >= 0.3 is 11.9 Å². The van der Waals surface area contributed by atoms with E-state index in [4.69, 9.17) is 11.2 Å². The predicted molar refractivity (Wildman–Crippen MR) is 144 cm³/mol. The molecule has 0 bridgehead atoms. The molecule has 0 radical (unpaired) electrons. The highest BCUT2D eigenvalue weighted by atomic mass is 19.1. The van der Waals surface area contributed by atoms with Crippen LogP contribution in [0.4, 0.5) is 4.39 Å². The molecule has 0 unspecified atom stereocenters. The van der Waals surface area contributed by atoms with Crippen LogP contribution in [0.2, 0.25) is 0 Å². The second kappa shape index (κ2) is 18.0. The molecular formula is C31H33FO5.